The molecular weight excluding hydrogens is 276 g/mol. The van der Waals surface area contributed by atoms with Gasteiger partial charge in [-0.05, 0) is 39.0 Å². The second-order valence-corrected chi connectivity index (χ2v) is 6.60. The molecule has 4 heteroatoms. The minimum atomic E-state index is 0. The van der Waals surface area contributed by atoms with Crippen molar-refractivity contribution in [2.75, 3.05) is 19.6 Å². The number of hydrogen-bond acceptors (Lipinski definition) is 2. The number of hydrogen-bond donors (Lipinski definition) is 0. The molecule has 2 amide bonds. The molecule has 0 spiro atoms. The Kier molecular flexibility index (Phi) is 7.11. The molecule has 2 rings (SSSR count). The summed E-state index contributed by atoms with van der Waals surface area (Å²) in [4.78, 5) is 28.4. The van der Waals surface area contributed by atoms with E-state index in [9.17, 15) is 9.59 Å². The SMILES string of the molecule is C.CCCCN1C(=O)CC[C@H]2CN(C(=O)C=C(C)C)CC[C@@H]21. The van der Waals surface area contributed by atoms with E-state index in [0.29, 0.717) is 24.3 Å². The summed E-state index contributed by atoms with van der Waals surface area (Å²) in [6.45, 7) is 8.54. The summed E-state index contributed by atoms with van der Waals surface area (Å²) in [6.07, 6.45) is 6.44. The predicted octanol–water partition coefficient (Wildman–Crippen LogP) is 3.23. The summed E-state index contributed by atoms with van der Waals surface area (Å²) in [5.74, 6) is 0.905. The standard InChI is InChI=1S/C17H28N2O2.CH4/c1-4-5-9-19-15-8-10-18(17(21)11-13(2)3)12-14(15)6-7-16(19)20;/h11,14-15H,4-10,12H2,1-3H3;1H4/t14-,15-;/m0./s1. The molecule has 22 heavy (non-hydrogen) atoms. The topological polar surface area (TPSA) is 40.6 Å². The molecule has 0 aliphatic carbocycles. The highest BCUT2D eigenvalue weighted by Gasteiger charge is 2.39. The minimum Gasteiger partial charge on any atom is -0.339 e. The van der Waals surface area contributed by atoms with E-state index in [-0.39, 0.29) is 13.3 Å². The molecule has 0 aromatic heterocycles. The zero-order valence-corrected chi connectivity index (χ0v) is 13.6. The Labute approximate surface area is 135 Å². The fraction of sp³-hybridized carbons (Fsp3) is 0.778. The molecule has 0 radical (unpaired) electrons. The number of fused-ring (bicyclic) bond motifs is 1. The van der Waals surface area contributed by atoms with E-state index in [4.69, 9.17) is 0 Å². The largest absolute Gasteiger partial charge is 0.339 e. The molecule has 2 fully saturated rings. The molecular formula is C18H32N2O2. The lowest BCUT2D eigenvalue weighted by atomic mass is 9.83. The van der Waals surface area contributed by atoms with Crippen LogP contribution in [-0.2, 0) is 9.59 Å². The highest BCUT2D eigenvalue weighted by atomic mass is 16.2. The number of nitrogens with zero attached hydrogens (tertiary/aromatic N) is 2. The third-order valence-electron chi connectivity index (χ3n) is 4.62. The van der Waals surface area contributed by atoms with Gasteiger partial charge < -0.3 is 9.80 Å². The average molecular weight is 308 g/mol. The molecule has 0 unspecified atom stereocenters. The number of rotatable bonds is 4. The van der Waals surface area contributed by atoms with Crippen molar-refractivity contribution < 1.29 is 9.59 Å². The van der Waals surface area contributed by atoms with Gasteiger partial charge in [-0.3, -0.25) is 9.59 Å². The summed E-state index contributed by atoms with van der Waals surface area (Å²) >= 11 is 0. The molecule has 2 saturated heterocycles. The first kappa shape index (κ1) is 18.7. The Hall–Kier alpha value is -1.32. The van der Waals surface area contributed by atoms with Gasteiger partial charge in [0, 0.05) is 38.2 Å². The molecule has 2 aliphatic rings. The van der Waals surface area contributed by atoms with Gasteiger partial charge in [0.15, 0.2) is 0 Å². The van der Waals surface area contributed by atoms with Crippen LogP contribution in [0, 0.1) is 5.92 Å². The van der Waals surface area contributed by atoms with Crippen LogP contribution in [0.15, 0.2) is 11.6 Å². The van der Waals surface area contributed by atoms with Crippen LogP contribution in [0.3, 0.4) is 0 Å². The van der Waals surface area contributed by atoms with Crippen molar-refractivity contribution in [3.8, 4) is 0 Å². The first-order valence-electron chi connectivity index (χ1n) is 8.26. The van der Waals surface area contributed by atoms with Gasteiger partial charge in [0.05, 0.1) is 0 Å². The molecule has 2 atom stereocenters. The molecule has 0 aromatic rings. The van der Waals surface area contributed by atoms with E-state index >= 15 is 0 Å². The smallest absolute Gasteiger partial charge is 0.246 e. The van der Waals surface area contributed by atoms with E-state index < -0.39 is 0 Å². The third kappa shape index (κ3) is 4.34. The summed E-state index contributed by atoms with van der Waals surface area (Å²) < 4.78 is 0. The van der Waals surface area contributed by atoms with Crippen molar-refractivity contribution in [3.63, 3.8) is 0 Å². The maximum Gasteiger partial charge on any atom is 0.246 e. The summed E-state index contributed by atoms with van der Waals surface area (Å²) in [6, 6.07) is 0.355. The van der Waals surface area contributed by atoms with E-state index in [2.05, 4.69) is 11.8 Å². The fourth-order valence-electron chi connectivity index (χ4n) is 3.51. The summed E-state index contributed by atoms with van der Waals surface area (Å²) in [5.41, 5.74) is 1.05. The fourth-order valence-corrected chi connectivity index (χ4v) is 3.51. The van der Waals surface area contributed by atoms with E-state index in [1.54, 1.807) is 6.08 Å². The van der Waals surface area contributed by atoms with Gasteiger partial charge in [-0.25, -0.2) is 0 Å². The third-order valence-corrected chi connectivity index (χ3v) is 4.62. The highest BCUT2D eigenvalue weighted by Crippen LogP contribution is 2.31. The normalized spacial score (nSPS) is 24.4. The second kappa shape index (κ2) is 8.35. The van der Waals surface area contributed by atoms with Crippen LogP contribution in [-0.4, -0.2) is 47.3 Å². The Bertz CT molecular complexity index is 427. The van der Waals surface area contributed by atoms with Crippen LogP contribution in [0.1, 0.15) is 60.3 Å². The van der Waals surface area contributed by atoms with Gasteiger partial charge in [0.1, 0.15) is 0 Å². The number of carbonyl (C=O) groups excluding carboxylic acids is 2. The van der Waals surface area contributed by atoms with Gasteiger partial charge in [-0.1, -0.05) is 26.3 Å². The predicted molar refractivity (Wildman–Crippen MR) is 90.5 cm³/mol. The quantitative estimate of drug-likeness (QED) is 0.748. The molecule has 0 saturated carbocycles. The number of piperidine rings is 2. The summed E-state index contributed by atoms with van der Waals surface area (Å²) in [7, 11) is 0. The van der Waals surface area contributed by atoms with E-state index in [1.165, 1.54) is 0 Å². The average Bonchev–Trinajstić information content (AvgIpc) is 2.45. The highest BCUT2D eigenvalue weighted by molar-refractivity contribution is 5.88. The lowest BCUT2D eigenvalue weighted by Crippen LogP contribution is -2.56. The maximum atomic E-state index is 12.2. The van der Waals surface area contributed by atoms with Crippen molar-refractivity contribution in [2.45, 2.75) is 66.3 Å². The van der Waals surface area contributed by atoms with Crippen molar-refractivity contribution in [1.82, 2.24) is 9.80 Å². The first-order chi connectivity index (χ1) is 10.0. The van der Waals surface area contributed by atoms with Gasteiger partial charge in [0.2, 0.25) is 11.8 Å². The molecule has 0 aromatic carbocycles. The maximum absolute atomic E-state index is 12.2. The van der Waals surface area contributed by atoms with Crippen molar-refractivity contribution in [2.24, 2.45) is 5.92 Å². The number of allylic oxidation sites excluding steroid dienone is 1. The second-order valence-electron chi connectivity index (χ2n) is 6.60. The van der Waals surface area contributed by atoms with Crippen LogP contribution < -0.4 is 0 Å². The van der Waals surface area contributed by atoms with Gasteiger partial charge in [0.25, 0.3) is 0 Å². The number of amides is 2. The monoisotopic (exact) mass is 308 g/mol. The Morgan fingerprint density at radius 1 is 1.32 bits per heavy atom. The van der Waals surface area contributed by atoms with Crippen molar-refractivity contribution in [1.29, 1.82) is 0 Å². The number of carbonyl (C=O) groups is 2. The van der Waals surface area contributed by atoms with Gasteiger partial charge in [-0.15, -0.1) is 0 Å². The zero-order valence-electron chi connectivity index (χ0n) is 13.6. The van der Waals surface area contributed by atoms with Gasteiger partial charge in [-0.2, -0.15) is 0 Å². The summed E-state index contributed by atoms with van der Waals surface area (Å²) in [5, 5.41) is 0. The van der Waals surface area contributed by atoms with Crippen LogP contribution in [0.5, 0.6) is 0 Å². The lowest BCUT2D eigenvalue weighted by Gasteiger charge is -2.47. The zero-order chi connectivity index (χ0) is 15.4. The lowest BCUT2D eigenvalue weighted by molar-refractivity contribution is -0.143. The van der Waals surface area contributed by atoms with Crippen molar-refractivity contribution >= 4 is 11.8 Å². The van der Waals surface area contributed by atoms with Crippen LogP contribution in [0.2, 0.25) is 0 Å². The first-order valence-corrected chi connectivity index (χ1v) is 8.26. The van der Waals surface area contributed by atoms with Gasteiger partial charge >= 0.3 is 0 Å². The van der Waals surface area contributed by atoms with Crippen LogP contribution >= 0.6 is 0 Å². The molecule has 126 valence electrons. The number of likely N-dealkylation sites (tertiary alicyclic amines) is 2. The van der Waals surface area contributed by atoms with E-state index in [0.717, 1.165) is 50.9 Å². The minimum absolute atomic E-state index is 0. The molecule has 2 heterocycles. The Morgan fingerprint density at radius 3 is 2.68 bits per heavy atom. The van der Waals surface area contributed by atoms with Crippen LogP contribution in [0.25, 0.3) is 0 Å². The number of unbranched alkanes of at least 4 members (excludes halogenated alkanes) is 1. The molecule has 2 aliphatic heterocycles. The Morgan fingerprint density at radius 2 is 2.05 bits per heavy atom. The molecule has 0 N–H and O–H groups in total. The molecule has 0 bridgehead atoms. The van der Waals surface area contributed by atoms with E-state index in [1.807, 2.05) is 18.7 Å². The van der Waals surface area contributed by atoms with Crippen LogP contribution in [0.4, 0.5) is 0 Å². The Balaban J connectivity index is 0.00000242. The molecule has 4 nitrogen and oxygen atoms in total. The van der Waals surface area contributed by atoms with Crippen molar-refractivity contribution in [3.05, 3.63) is 11.6 Å².